The van der Waals surface area contributed by atoms with Gasteiger partial charge in [-0.2, -0.15) is 0 Å². The Morgan fingerprint density at radius 1 is 0.794 bits per heavy atom. The molecule has 1 aliphatic heterocycles. The number of amides is 2. The van der Waals surface area contributed by atoms with E-state index in [1.807, 2.05) is 0 Å². The highest BCUT2D eigenvalue weighted by molar-refractivity contribution is 6.46. The van der Waals surface area contributed by atoms with Gasteiger partial charge in [0.15, 0.2) is 0 Å². The molecular weight excluding hydrogens is 446 g/mol. The smallest absolute Gasteiger partial charge is 0.282 e. The second-order valence-corrected chi connectivity index (χ2v) is 7.18. The van der Waals surface area contributed by atoms with Gasteiger partial charge in [0.25, 0.3) is 11.8 Å². The predicted octanol–water partition coefficient (Wildman–Crippen LogP) is 4.39. The van der Waals surface area contributed by atoms with E-state index in [2.05, 4.69) is 5.32 Å². The van der Waals surface area contributed by atoms with Crippen LogP contribution in [0.1, 0.15) is 5.56 Å². The number of methoxy groups -OCH3 is 3. The molecule has 1 heterocycles. The van der Waals surface area contributed by atoms with Gasteiger partial charge in [-0.3, -0.25) is 9.59 Å². The van der Waals surface area contributed by atoms with E-state index >= 15 is 0 Å². The summed E-state index contributed by atoms with van der Waals surface area (Å²) >= 11 is 0. The fraction of sp³-hybridized carbons (Fsp3) is 0.120. The van der Waals surface area contributed by atoms with Crippen molar-refractivity contribution in [2.75, 3.05) is 31.5 Å². The van der Waals surface area contributed by atoms with E-state index in [0.717, 1.165) is 18.2 Å². The number of hydrogen-bond acceptors (Lipinski definition) is 6. The summed E-state index contributed by atoms with van der Waals surface area (Å²) in [6, 6.07) is 14.0. The third-order valence-corrected chi connectivity index (χ3v) is 5.28. The third-order valence-electron chi connectivity index (χ3n) is 5.28. The Bertz CT molecular complexity index is 1320. The zero-order chi connectivity index (χ0) is 24.4. The lowest BCUT2D eigenvalue weighted by molar-refractivity contribution is -0.120. The van der Waals surface area contributed by atoms with E-state index in [9.17, 15) is 18.4 Å². The molecule has 0 aromatic heterocycles. The summed E-state index contributed by atoms with van der Waals surface area (Å²) < 4.78 is 44.5. The summed E-state index contributed by atoms with van der Waals surface area (Å²) in [6.45, 7) is 0. The van der Waals surface area contributed by atoms with Gasteiger partial charge in [-0.05, 0) is 30.3 Å². The van der Waals surface area contributed by atoms with E-state index in [4.69, 9.17) is 14.2 Å². The van der Waals surface area contributed by atoms with Crippen molar-refractivity contribution >= 4 is 28.8 Å². The second kappa shape index (κ2) is 9.22. The molecule has 34 heavy (non-hydrogen) atoms. The van der Waals surface area contributed by atoms with Gasteiger partial charge in [-0.1, -0.05) is 18.2 Å². The van der Waals surface area contributed by atoms with Crippen molar-refractivity contribution in [1.29, 1.82) is 0 Å². The Balaban J connectivity index is 1.92. The number of carbonyl (C=O) groups is 2. The topological polar surface area (TPSA) is 77.1 Å². The van der Waals surface area contributed by atoms with E-state index in [-0.39, 0.29) is 11.3 Å². The first-order chi connectivity index (χ1) is 16.4. The van der Waals surface area contributed by atoms with Crippen molar-refractivity contribution in [3.05, 3.63) is 83.6 Å². The molecule has 3 aromatic rings. The second-order valence-electron chi connectivity index (χ2n) is 7.18. The SMILES string of the molecule is COc1ccc(OC)c(NC2=C(c3ccccc3OC)C(=O)N(c3cc(F)ccc3F)C2=O)c1. The molecule has 1 aliphatic rings. The van der Waals surface area contributed by atoms with Crippen molar-refractivity contribution in [2.24, 2.45) is 0 Å². The lowest BCUT2D eigenvalue weighted by atomic mass is 10.0. The minimum atomic E-state index is -0.928. The zero-order valence-corrected chi connectivity index (χ0v) is 18.5. The summed E-state index contributed by atoms with van der Waals surface area (Å²) in [5.41, 5.74) is -0.114. The Labute approximate surface area is 194 Å². The molecule has 0 unspecified atom stereocenters. The summed E-state index contributed by atoms with van der Waals surface area (Å²) in [5, 5.41) is 2.94. The molecule has 0 saturated carbocycles. The number of carbonyl (C=O) groups excluding carboxylic acids is 2. The molecule has 0 fully saturated rings. The molecule has 0 spiro atoms. The van der Waals surface area contributed by atoms with Gasteiger partial charge in [0.2, 0.25) is 0 Å². The van der Waals surface area contributed by atoms with Crippen LogP contribution in [0.3, 0.4) is 0 Å². The zero-order valence-electron chi connectivity index (χ0n) is 18.5. The van der Waals surface area contributed by atoms with Crippen LogP contribution in [0.2, 0.25) is 0 Å². The number of nitrogens with one attached hydrogen (secondary N) is 1. The molecular formula is C25H20F2N2O5. The van der Waals surface area contributed by atoms with Gasteiger partial charge in [-0.15, -0.1) is 0 Å². The fourth-order valence-corrected chi connectivity index (χ4v) is 3.67. The maximum Gasteiger partial charge on any atom is 0.282 e. The highest BCUT2D eigenvalue weighted by Crippen LogP contribution is 2.40. The minimum absolute atomic E-state index is 0.0732. The number of nitrogens with zero attached hydrogens (tertiary/aromatic N) is 1. The van der Waals surface area contributed by atoms with Crippen LogP contribution in [-0.4, -0.2) is 33.1 Å². The Kier molecular flexibility index (Phi) is 6.18. The molecule has 7 nitrogen and oxygen atoms in total. The summed E-state index contributed by atoms with van der Waals surface area (Å²) in [5.74, 6) is -2.30. The molecule has 9 heteroatoms. The van der Waals surface area contributed by atoms with Crippen LogP contribution in [0.15, 0.2) is 66.4 Å². The average Bonchev–Trinajstić information content (AvgIpc) is 3.09. The lowest BCUT2D eigenvalue weighted by Crippen LogP contribution is -2.33. The van der Waals surface area contributed by atoms with Gasteiger partial charge in [-0.25, -0.2) is 13.7 Å². The summed E-state index contributed by atoms with van der Waals surface area (Å²) in [7, 11) is 4.34. The van der Waals surface area contributed by atoms with Crippen molar-refractivity contribution in [3.8, 4) is 17.2 Å². The third kappa shape index (κ3) is 3.92. The highest BCUT2D eigenvalue weighted by Gasteiger charge is 2.42. The first-order valence-corrected chi connectivity index (χ1v) is 10.1. The monoisotopic (exact) mass is 466 g/mol. The minimum Gasteiger partial charge on any atom is -0.497 e. The van der Waals surface area contributed by atoms with Gasteiger partial charge in [0.05, 0.1) is 38.3 Å². The van der Waals surface area contributed by atoms with Crippen LogP contribution < -0.4 is 24.4 Å². The largest absolute Gasteiger partial charge is 0.497 e. The molecule has 0 bridgehead atoms. The first-order valence-electron chi connectivity index (χ1n) is 10.1. The van der Waals surface area contributed by atoms with Crippen LogP contribution in [0.5, 0.6) is 17.2 Å². The predicted molar refractivity (Wildman–Crippen MR) is 122 cm³/mol. The number of benzene rings is 3. The molecule has 0 atom stereocenters. The number of rotatable bonds is 7. The standard InChI is InChI=1S/C25H20F2N2O5/c1-32-15-9-11-21(34-3)18(13-15)28-23-22(16-6-4-5-7-20(16)33-2)24(30)29(25(23)31)19-12-14(26)8-10-17(19)27/h4-13,28H,1-3H3. The van der Waals surface area contributed by atoms with E-state index < -0.39 is 29.1 Å². The molecule has 3 aromatic carbocycles. The molecule has 4 rings (SSSR count). The maximum atomic E-state index is 14.6. The number of ether oxygens (including phenoxy) is 3. The van der Waals surface area contributed by atoms with Crippen molar-refractivity contribution in [3.63, 3.8) is 0 Å². The van der Waals surface area contributed by atoms with Gasteiger partial charge >= 0.3 is 0 Å². The Morgan fingerprint density at radius 2 is 1.53 bits per heavy atom. The quantitative estimate of drug-likeness (QED) is 0.521. The van der Waals surface area contributed by atoms with Crippen molar-refractivity contribution < 1.29 is 32.6 Å². The van der Waals surface area contributed by atoms with Crippen LogP contribution in [-0.2, 0) is 9.59 Å². The van der Waals surface area contributed by atoms with E-state index in [1.54, 1.807) is 42.5 Å². The van der Waals surface area contributed by atoms with Crippen LogP contribution in [0.4, 0.5) is 20.2 Å². The van der Waals surface area contributed by atoms with Crippen LogP contribution >= 0.6 is 0 Å². The van der Waals surface area contributed by atoms with E-state index in [0.29, 0.717) is 33.4 Å². The Hall–Kier alpha value is -4.40. The summed E-state index contributed by atoms with van der Waals surface area (Å²) in [4.78, 5) is 27.6. The molecule has 1 N–H and O–H groups in total. The van der Waals surface area contributed by atoms with Crippen molar-refractivity contribution in [1.82, 2.24) is 0 Å². The molecule has 0 saturated heterocycles. The van der Waals surface area contributed by atoms with E-state index in [1.165, 1.54) is 21.3 Å². The normalized spacial score (nSPS) is 13.4. The highest BCUT2D eigenvalue weighted by atomic mass is 19.1. The maximum absolute atomic E-state index is 14.6. The number of imide groups is 1. The van der Waals surface area contributed by atoms with Crippen LogP contribution in [0, 0.1) is 11.6 Å². The molecule has 0 aliphatic carbocycles. The number of para-hydroxylation sites is 1. The lowest BCUT2D eigenvalue weighted by Gasteiger charge is -2.17. The van der Waals surface area contributed by atoms with Crippen molar-refractivity contribution in [2.45, 2.75) is 0 Å². The molecule has 0 radical (unpaired) electrons. The van der Waals surface area contributed by atoms with Gasteiger partial charge in [0, 0.05) is 17.7 Å². The fourth-order valence-electron chi connectivity index (χ4n) is 3.67. The number of hydrogen-bond donors (Lipinski definition) is 1. The average molecular weight is 466 g/mol. The molecule has 174 valence electrons. The number of anilines is 2. The van der Waals surface area contributed by atoms with Crippen LogP contribution in [0.25, 0.3) is 5.57 Å². The van der Waals surface area contributed by atoms with Gasteiger partial charge in [0.1, 0.15) is 34.6 Å². The Morgan fingerprint density at radius 3 is 2.24 bits per heavy atom. The summed E-state index contributed by atoms with van der Waals surface area (Å²) in [6.07, 6.45) is 0. The number of halogens is 2. The van der Waals surface area contributed by atoms with Gasteiger partial charge < -0.3 is 19.5 Å². The molecule has 2 amide bonds. The first kappa shape index (κ1) is 22.8.